The standard InChI is InChI=1S/C22H24N2O5/c1-29-17-12-19(22(27)28)24(14-17)20(25)13-18(15-8-4-2-5-9-15)23-21(26)16-10-6-3-7-11-16/h2-11,17-19H,12-14H2,1H3,(H,23,26)(H,27,28). The van der Waals surface area contributed by atoms with Crippen LogP contribution < -0.4 is 5.32 Å². The monoisotopic (exact) mass is 396 g/mol. The van der Waals surface area contributed by atoms with E-state index in [9.17, 15) is 19.5 Å². The number of carbonyl (C=O) groups excluding carboxylic acids is 2. The highest BCUT2D eigenvalue weighted by atomic mass is 16.5. The van der Waals surface area contributed by atoms with E-state index in [4.69, 9.17) is 4.74 Å². The van der Waals surface area contributed by atoms with Gasteiger partial charge in [0, 0.05) is 25.6 Å². The third-order valence-electron chi connectivity index (χ3n) is 5.12. The van der Waals surface area contributed by atoms with E-state index in [0.717, 1.165) is 5.56 Å². The number of benzene rings is 2. The van der Waals surface area contributed by atoms with Crippen LogP contribution in [0.25, 0.3) is 0 Å². The van der Waals surface area contributed by atoms with E-state index < -0.39 is 18.1 Å². The van der Waals surface area contributed by atoms with Crippen LogP contribution in [0.3, 0.4) is 0 Å². The van der Waals surface area contributed by atoms with Gasteiger partial charge in [-0.1, -0.05) is 48.5 Å². The van der Waals surface area contributed by atoms with Crippen LogP contribution in [0.5, 0.6) is 0 Å². The fourth-order valence-corrected chi connectivity index (χ4v) is 3.54. The fraction of sp³-hybridized carbons (Fsp3) is 0.318. The van der Waals surface area contributed by atoms with Crippen molar-refractivity contribution in [3.05, 3.63) is 71.8 Å². The number of nitrogens with one attached hydrogen (secondary N) is 1. The minimum absolute atomic E-state index is 0.0389. The van der Waals surface area contributed by atoms with Crippen molar-refractivity contribution < 1.29 is 24.2 Å². The molecule has 0 bridgehead atoms. The molecule has 1 aliphatic heterocycles. The molecular weight excluding hydrogens is 372 g/mol. The second-order valence-corrected chi connectivity index (χ2v) is 7.00. The SMILES string of the molecule is COC1CC(C(=O)O)N(C(=O)CC(NC(=O)c2ccccc2)c2ccccc2)C1. The van der Waals surface area contributed by atoms with E-state index in [-0.39, 0.29) is 37.3 Å². The lowest BCUT2D eigenvalue weighted by atomic mass is 10.0. The first-order chi connectivity index (χ1) is 14.0. The maximum absolute atomic E-state index is 13.0. The number of nitrogens with zero attached hydrogens (tertiary/aromatic N) is 1. The van der Waals surface area contributed by atoms with Crippen molar-refractivity contribution in [1.29, 1.82) is 0 Å². The van der Waals surface area contributed by atoms with Crippen LogP contribution in [0.4, 0.5) is 0 Å². The Morgan fingerprint density at radius 3 is 2.31 bits per heavy atom. The first-order valence-electron chi connectivity index (χ1n) is 9.45. The van der Waals surface area contributed by atoms with Crippen LogP contribution in [-0.4, -0.2) is 53.6 Å². The van der Waals surface area contributed by atoms with Gasteiger partial charge in [0.1, 0.15) is 6.04 Å². The molecule has 29 heavy (non-hydrogen) atoms. The second kappa shape index (κ2) is 9.34. The minimum Gasteiger partial charge on any atom is -0.480 e. The Balaban J connectivity index is 1.79. The van der Waals surface area contributed by atoms with Gasteiger partial charge in [-0.3, -0.25) is 9.59 Å². The van der Waals surface area contributed by atoms with Crippen molar-refractivity contribution >= 4 is 17.8 Å². The van der Waals surface area contributed by atoms with Crippen LogP contribution in [0.2, 0.25) is 0 Å². The Morgan fingerprint density at radius 2 is 1.72 bits per heavy atom. The van der Waals surface area contributed by atoms with Crippen LogP contribution in [0, 0.1) is 0 Å². The van der Waals surface area contributed by atoms with Gasteiger partial charge in [-0.05, 0) is 17.7 Å². The largest absolute Gasteiger partial charge is 0.480 e. The van der Waals surface area contributed by atoms with Crippen LogP contribution in [0.15, 0.2) is 60.7 Å². The van der Waals surface area contributed by atoms with Gasteiger partial charge < -0.3 is 20.1 Å². The van der Waals surface area contributed by atoms with E-state index >= 15 is 0 Å². The minimum atomic E-state index is -1.05. The summed E-state index contributed by atoms with van der Waals surface area (Å²) in [6, 6.07) is 16.4. The molecule has 3 unspecified atom stereocenters. The average molecular weight is 396 g/mol. The normalized spacial score (nSPS) is 19.6. The molecule has 2 aromatic rings. The molecular formula is C22H24N2O5. The molecule has 1 saturated heterocycles. The Hall–Kier alpha value is -3.19. The van der Waals surface area contributed by atoms with Crippen LogP contribution >= 0.6 is 0 Å². The zero-order valence-corrected chi connectivity index (χ0v) is 16.2. The summed E-state index contributed by atoms with van der Waals surface area (Å²) in [5.41, 5.74) is 1.27. The van der Waals surface area contributed by atoms with E-state index in [1.54, 1.807) is 24.3 Å². The molecule has 2 aromatic carbocycles. The molecule has 2 N–H and O–H groups in total. The summed E-state index contributed by atoms with van der Waals surface area (Å²) >= 11 is 0. The number of ether oxygens (including phenoxy) is 1. The number of methoxy groups -OCH3 is 1. The maximum atomic E-state index is 13.0. The fourth-order valence-electron chi connectivity index (χ4n) is 3.54. The number of rotatable bonds is 7. The molecule has 7 nitrogen and oxygen atoms in total. The summed E-state index contributed by atoms with van der Waals surface area (Å²) in [6.07, 6.45) is -0.0960. The smallest absolute Gasteiger partial charge is 0.326 e. The summed E-state index contributed by atoms with van der Waals surface area (Å²) in [7, 11) is 1.50. The van der Waals surface area contributed by atoms with Gasteiger partial charge in [0.25, 0.3) is 5.91 Å². The van der Waals surface area contributed by atoms with Gasteiger partial charge in [-0.15, -0.1) is 0 Å². The molecule has 3 rings (SSSR count). The lowest BCUT2D eigenvalue weighted by Crippen LogP contribution is -2.42. The molecule has 0 aromatic heterocycles. The Morgan fingerprint density at radius 1 is 1.10 bits per heavy atom. The van der Waals surface area contributed by atoms with Gasteiger partial charge in [-0.2, -0.15) is 0 Å². The van der Waals surface area contributed by atoms with Crippen LogP contribution in [0.1, 0.15) is 34.8 Å². The molecule has 152 valence electrons. The Bertz CT molecular complexity index is 856. The lowest BCUT2D eigenvalue weighted by molar-refractivity contribution is -0.148. The lowest BCUT2D eigenvalue weighted by Gasteiger charge is -2.25. The average Bonchev–Trinajstić information content (AvgIpc) is 3.19. The van der Waals surface area contributed by atoms with Crippen molar-refractivity contribution in [2.24, 2.45) is 0 Å². The molecule has 0 spiro atoms. The van der Waals surface area contributed by atoms with E-state index in [1.807, 2.05) is 36.4 Å². The Kier molecular flexibility index (Phi) is 6.61. The number of carboxylic acids is 1. The first-order valence-corrected chi connectivity index (χ1v) is 9.45. The molecule has 0 saturated carbocycles. The summed E-state index contributed by atoms with van der Waals surface area (Å²) in [4.78, 5) is 38.5. The highest BCUT2D eigenvalue weighted by Gasteiger charge is 2.40. The molecule has 2 amide bonds. The predicted molar refractivity (Wildman–Crippen MR) is 106 cm³/mol. The second-order valence-electron chi connectivity index (χ2n) is 7.00. The predicted octanol–water partition coefficient (Wildman–Crippen LogP) is 2.25. The van der Waals surface area contributed by atoms with Crippen molar-refractivity contribution in [1.82, 2.24) is 10.2 Å². The van der Waals surface area contributed by atoms with Gasteiger partial charge in [0.15, 0.2) is 0 Å². The molecule has 7 heteroatoms. The van der Waals surface area contributed by atoms with Crippen molar-refractivity contribution in [3.63, 3.8) is 0 Å². The van der Waals surface area contributed by atoms with E-state index in [0.29, 0.717) is 5.56 Å². The van der Waals surface area contributed by atoms with Gasteiger partial charge in [0.05, 0.1) is 18.6 Å². The van der Waals surface area contributed by atoms with Gasteiger partial charge >= 0.3 is 5.97 Å². The third kappa shape index (κ3) is 5.00. The highest BCUT2D eigenvalue weighted by molar-refractivity contribution is 5.95. The van der Waals surface area contributed by atoms with Crippen molar-refractivity contribution in [3.8, 4) is 0 Å². The van der Waals surface area contributed by atoms with Crippen molar-refractivity contribution in [2.45, 2.75) is 31.0 Å². The molecule has 0 radical (unpaired) electrons. The molecule has 1 heterocycles. The summed E-state index contributed by atoms with van der Waals surface area (Å²) in [5, 5.41) is 12.4. The molecule has 3 atom stereocenters. The van der Waals surface area contributed by atoms with Crippen molar-refractivity contribution in [2.75, 3.05) is 13.7 Å². The number of amides is 2. The number of hydrogen-bond donors (Lipinski definition) is 2. The van der Waals surface area contributed by atoms with Gasteiger partial charge in [0.2, 0.25) is 5.91 Å². The Labute approximate surface area is 169 Å². The number of carbonyl (C=O) groups is 3. The number of hydrogen-bond acceptors (Lipinski definition) is 4. The number of aliphatic carboxylic acids is 1. The summed E-state index contributed by atoms with van der Waals surface area (Å²) in [5.74, 6) is -1.68. The summed E-state index contributed by atoms with van der Waals surface area (Å²) in [6.45, 7) is 0.223. The zero-order chi connectivity index (χ0) is 20.8. The quantitative estimate of drug-likeness (QED) is 0.748. The summed E-state index contributed by atoms with van der Waals surface area (Å²) < 4.78 is 5.26. The molecule has 0 aliphatic carbocycles. The molecule has 1 aliphatic rings. The van der Waals surface area contributed by atoms with Gasteiger partial charge in [-0.25, -0.2) is 4.79 Å². The number of likely N-dealkylation sites (tertiary alicyclic amines) is 1. The highest BCUT2D eigenvalue weighted by Crippen LogP contribution is 2.25. The topological polar surface area (TPSA) is 95.9 Å². The van der Waals surface area contributed by atoms with E-state index in [1.165, 1.54) is 12.0 Å². The van der Waals surface area contributed by atoms with E-state index in [2.05, 4.69) is 5.32 Å². The zero-order valence-electron chi connectivity index (χ0n) is 16.2. The maximum Gasteiger partial charge on any atom is 0.326 e. The molecule has 1 fully saturated rings. The van der Waals surface area contributed by atoms with Crippen LogP contribution in [-0.2, 0) is 14.3 Å². The first kappa shape index (κ1) is 20.5. The number of carboxylic acid groups (broad SMARTS) is 1. The third-order valence-corrected chi connectivity index (χ3v) is 5.12.